The number of morpholine rings is 1. The third kappa shape index (κ3) is 3.90. The summed E-state index contributed by atoms with van der Waals surface area (Å²) in [6, 6.07) is -0.154. The number of nitrogens with zero attached hydrogens (tertiary/aromatic N) is 1. The zero-order valence-electron chi connectivity index (χ0n) is 11.3. The van der Waals surface area contributed by atoms with E-state index >= 15 is 0 Å². The van der Waals surface area contributed by atoms with Gasteiger partial charge in [-0.3, -0.25) is 4.79 Å². The average molecular weight is 290 g/mol. The van der Waals surface area contributed by atoms with Crippen LogP contribution in [0.2, 0.25) is 0 Å². The molecule has 0 spiro atoms. The van der Waals surface area contributed by atoms with Crippen LogP contribution in [-0.4, -0.2) is 69.1 Å². The van der Waals surface area contributed by atoms with Gasteiger partial charge in [-0.15, -0.1) is 0 Å². The van der Waals surface area contributed by atoms with E-state index in [0.717, 1.165) is 6.54 Å². The van der Waals surface area contributed by atoms with Crippen molar-refractivity contribution in [2.24, 2.45) is 0 Å². The maximum absolute atomic E-state index is 12.3. The van der Waals surface area contributed by atoms with Gasteiger partial charge < -0.3 is 15.0 Å². The van der Waals surface area contributed by atoms with Gasteiger partial charge in [0.25, 0.3) is 0 Å². The summed E-state index contributed by atoms with van der Waals surface area (Å²) in [5.74, 6) is 0.303. The number of ether oxygens (including phenoxy) is 1. The molecule has 0 aromatic heterocycles. The Kier molecular flexibility index (Phi) is 4.81. The third-order valence-electron chi connectivity index (χ3n) is 3.72. The summed E-state index contributed by atoms with van der Waals surface area (Å²) >= 11 is 0. The van der Waals surface area contributed by atoms with E-state index in [4.69, 9.17) is 4.74 Å². The summed E-state index contributed by atoms with van der Waals surface area (Å²) in [5.41, 5.74) is 0. The maximum Gasteiger partial charge on any atom is 0.225 e. The fourth-order valence-electron chi connectivity index (χ4n) is 2.72. The number of hydrogen-bond acceptors (Lipinski definition) is 5. The first-order chi connectivity index (χ1) is 9.02. The van der Waals surface area contributed by atoms with Crippen molar-refractivity contribution < 1.29 is 17.9 Å². The molecular formula is C12H22N2O4S. The summed E-state index contributed by atoms with van der Waals surface area (Å²) < 4.78 is 28.5. The standard InChI is InChI=1S/C12H22N2O4S/c1-2-14(10-3-6-19(16,17)9-10)12(15)7-11-8-13-4-5-18-11/h10-11,13H,2-9H2,1H3. The molecule has 2 unspecified atom stereocenters. The van der Waals surface area contributed by atoms with E-state index in [1.54, 1.807) is 4.90 Å². The Morgan fingerprint density at radius 1 is 1.47 bits per heavy atom. The van der Waals surface area contributed by atoms with Gasteiger partial charge in [-0.1, -0.05) is 0 Å². The molecule has 2 rings (SSSR count). The van der Waals surface area contributed by atoms with Crippen molar-refractivity contribution in [3.63, 3.8) is 0 Å². The predicted molar refractivity (Wildman–Crippen MR) is 71.7 cm³/mol. The molecule has 1 N–H and O–H groups in total. The Hall–Kier alpha value is -0.660. The van der Waals surface area contributed by atoms with Crippen LogP contribution in [0, 0.1) is 0 Å². The molecule has 19 heavy (non-hydrogen) atoms. The Bertz CT molecular complexity index is 417. The molecule has 0 radical (unpaired) electrons. The highest BCUT2D eigenvalue weighted by atomic mass is 32.2. The van der Waals surface area contributed by atoms with E-state index in [0.29, 0.717) is 32.5 Å². The van der Waals surface area contributed by atoms with Gasteiger partial charge in [0.15, 0.2) is 9.84 Å². The summed E-state index contributed by atoms with van der Waals surface area (Å²) in [4.78, 5) is 14.0. The molecule has 0 saturated carbocycles. The minimum atomic E-state index is -2.95. The molecule has 0 bridgehead atoms. The van der Waals surface area contributed by atoms with Gasteiger partial charge >= 0.3 is 0 Å². The van der Waals surface area contributed by atoms with Crippen LogP contribution in [0.5, 0.6) is 0 Å². The normalized spacial score (nSPS) is 30.2. The Balaban J connectivity index is 1.91. The number of sulfone groups is 1. The fraction of sp³-hybridized carbons (Fsp3) is 0.917. The number of amides is 1. The number of nitrogens with one attached hydrogen (secondary N) is 1. The molecule has 2 atom stereocenters. The van der Waals surface area contributed by atoms with Gasteiger partial charge in [0.2, 0.25) is 5.91 Å². The summed E-state index contributed by atoms with van der Waals surface area (Å²) in [6.07, 6.45) is 0.802. The van der Waals surface area contributed by atoms with E-state index in [-0.39, 0.29) is 29.6 Å². The minimum Gasteiger partial charge on any atom is -0.375 e. The van der Waals surface area contributed by atoms with Crippen LogP contribution in [0.3, 0.4) is 0 Å². The second-order valence-electron chi connectivity index (χ2n) is 5.14. The minimum absolute atomic E-state index is 0.00157. The van der Waals surface area contributed by atoms with E-state index < -0.39 is 9.84 Å². The van der Waals surface area contributed by atoms with Crippen LogP contribution in [0.4, 0.5) is 0 Å². The molecule has 6 nitrogen and oxygen atoms in total. The van der Waals surface area contributed by atoms with Crippen LogP contribution < -0.4 is 5.32 Å². The summed E-state index contributed by atoms with van der Waals surface area (Å²) in [6.45, 7) is 4.58. The number of carbonyl (C=O) groups excluding carboxylic acids is 1. The number of carbonyl (C=O) groups is 1. The van der Waals surface area contributed by atoms with Crippen molar-refractivity contribution >= 4 is 15.7 Å². The van der Waals surface area contributed by atoms with Crippen molar-refractivity contribution in [3.05, 3.63) is 0 Å². The molecular weight excluding hydrogens is 268 g/mol. The highest BCUT2D eigenvalue weighted by molar-refractivity contribution is 7.91. The Morgan fingerprint density at radius 3 is 2.79 bits per heavy atom. The molecule has 0 aliphatic carbocycles. The van der Waals surface area contributed by atoms with Gasteiger partial charge in [0.05, 0.1) is 30.6 Å². The molecule has 1 amide bonds. The lowest BCUT2D eigenvalue weighted by atomic mass is 10.1. The first-order valence-corrected chi connectivity index (χ1v) is 8.66. The largest absolute Gasteiger partial charge is 0.375 e. The molecule has 7 heteroatoms. The molecule has 2 heterocycles. The van der Waals surface area contributed by atoms with Crippen LogP contribution in [0.25, 0.3) is 0 Å². The van der Waals surface area contributed by atoms with Crippen molar-refractivity contribution in [1.82, 2.24) is 10.2 Å². The van der Waals surface area contributed by atoms with E-state index in [2.05, 4.69) is 5.32 Å². The SMILES string of the molecule is CCN(C(=O)CC1CNCCO1)C1CCS(=O)(=O)C1. The molecule has 2 aliphatic heterocycles. The predicted octanol–water partition coefficient (Wildman–Crippen LogP) is -0.599. The monoisotopic (exact) mass is 290 g/mol. The Morgan fingerprint density at radius 2 is 2.26 bits per heavy atom. The molecule has 2 fully saturated rings. The van der Waals surface area contributed by atoms with E-state index in [1.165, 1.54) is 0 Å². The lowest BCUT2D eigenvalue weighted by Crippen LogP contribution is -2.45. The van der Waals surface area contributed by atoms with Crippen LogP contribution in [0.15, 0.2) is 0 Å². The molecule has 0 aromatic rings. The summed E-state index contributed by atoms with van der Waals surface area (Å²) in [5, 5.41) is 3.19. The zero-order valence-corrected chi connectivity index (χ0v) is 12.1. The van der Waals surface area contributed by atoms with Gasteiger partial charge in [0.1, 0.15) is 0 Å². The Labute approximate surface area is 114 Å². The lowest BCUT2D eigenvalue weighted by Gasteiger charge is -2.30. The number of hydrogen-bond donors (Lipinski definition) is 1. The molecule has 2 aliphatic rings. The third-order valence-corrected chi connectivity index (χ3v) is 5.47. The summed E-state index contributed by atoms with van der Waals surface area (Å²) in [7, 11) is -2.95. The highest BCUT2D eigenvalue weighted by Gasteiger charge is 2.34. The van der Waals surface area contributed by atoms with E-state index in [9.17, 15) is 13.2 Å². The lowest BCUT2D eigenvalue weighted by molar-refractivity contribution is -0.136. The zero-order chi connectivity index (χ0) is 13.9. The van der Waals surface area contributed by atoms with Crippen LogP contribution in [0.1, 0.15) is 19.8 Å². The van der Waals surface area contributed by atoms with Gasteiger partial charge in [-0.05, 0) is 13.3 Å². The smallest absolute Gasteiger partial charge is 0.225 e. The van der Waals surface area contributed by atoms with Gasteiger partial charge in [-0.25, -0.2) is 8.42 Å². The van der Waals surface area contributed by atoms with E-state index in [1.807, 2.05) is 6.92 Å². The fourth-order valence-corrected chi connectivity index (χ4v) is 4.45. The topological polar surface area (TPSA) is 75.7 Å². The molecule has 110 valence electrons. The second-order valence-corrected chi connectivity index (χ2v) is 7.37. The van der Waals surface area contributed by atoms with Gasteiger partial charge in [0, 0.05) is 25.7 Å². The maximum atomic E-state index is 12.3. The van der Waals surface area contributed by atoms with Crippen LogP contribution >= 0.6 is 0 Å². The van der Waals surface area contributed by atoms with Crippen molar-refractivity contribution in [2.75, 3.05) is 37.7 Å². The van der Waals surface area contributed by atoms with Gasteiger partial charge in [-0.2, -0.15) is 0 Å². The quantitative estimate of drug-likeness (QED) is 0.748. The average Bonchev–Trinajstić information content (AvgIpc) is 2.72. The highest BCUT2D eigenvalue weighted by Crippen LogP contribution is 2.19. The second kappa shape index (κ2) is 6.19. The number of rotatable bonds is 4. The van der Waals surface area contributed by atoms with Crippen molar-refractivity contribution in [1.29, 1.82) is 0 Å². The first kappa shape index (κ1) is 14.7. The first-order valence-electron chi connectivity index (χ1n) is 6.84. The molecule has 2 saturated heterocycles. The van der Waals surface area contributed by atoms with Crippen molar-refractivity contribution in [3.8, 4) is 0 Å². The van der Waals surface area contributed by atoms with Crippen molar-refractivity contribution in [2.45, 2.75) is 31.9 Å². The van der Waals surface area contributed by atoms with Crippen LogP contribution in [-0.2, 0) is 19.4 Å². The molecule has 0 aromatic carbocycles.